The van der Waals surface area contributed by atoms with Crippen LogP contribution in [-0.4, -0.2) is 62.3 Å². The third-order valence-corrected chi connectivity index (χ3v) is 12.0. The molecule has 0 atom stereocenters. The smallest absolute Gasteiger partial charge is 0.294 e. The van der Waals surface area contributed by atoms with Crippen molar-refractivity contribution in [1.82, 2.24) is 5.32 Å². The lowest BCUT2D eigenvalue weighted by atomic mass is 9.81. The van der Waals surface area contributed by atoms with Crippen LogP contribution in [0.1, 0.15) is 83.8 Å². The highest BCUT2D eigenvalue weighted by Gasteiger charge is 2.43. The average Bonchev–Trinajstić information content (AvgIpc) is 3.41. The van der Waals surface area contributed by atoms with Crippen molar-refractivity contribution in [2.24, 2.45) is 0 Å². The van der Waals surface area contributed by atoms with Gasteiger partial charge in [-0.1, -0.05) is 44.4 Å². The Hall–Kier alpha value is -4.28. The zero-order valence-corrected chi connectivity index (χ0v) is 32.0. The summed E-state index contributed by atoms with van der Waals surface area (Å²) in [4.78, 5) is 13.8. The van der Waals surface area contributed by atoms with Crippen LogP contribution in [0.15, 0.2) is 93.4 Å². The fourth-order valence-corrected chi connectivity index (χ4v) is 8.51. The van der Waals surface area contributed by atoms with Gasteiger partial charge in [0.25, 0.3) is 10.1 Å². The number of rotatable bonds is 12. The predicted molar refractivity (Wildman–Crippen MR) is 202 cm³/mol. The third kappa shape index (κ3) is 8.18. The van der Waals surface area contributed by atoms with Crippen LogP contribution in [0.4, 0.5) is 11.4 Å². The lowest BCUT2D eigenvalue weighted by molar-refractivity contribution is -0.401. The first-order valence-corrected chi connectivity index (χ1v) is 20.3. The summed E-state index contributed by atoms with van der Waals surface area (Å²) in [5.41, 5.74) is 6.57. The van der Waals surface area contributed by atoms with Crippen LogP contribution < -0.4 is 10.2 Å². The van der Waals surface area contributed by atoms with Crippen LogP contribution >= 0.6 is 0 Å². The number of hydrogen-bond donors (Lipinski definition) is 2. The lowest BCUT2D eigenvalue weighted by Gasteiger charge is -2.27. The van der Waals surface area contributed by atoms with Crippen LogP contribution in [0.5, 0.6) is 0 Å². The molecule has 2 heterocycles. The van der Waals surface area contributed by atoms with Crippen molar-refractivity contribution >= 4 is 43.2 Å². The zero-order chi connectivity index (χ0) is 38.1. The van der Waals surface area contributed by atoms with E-state index in [1.165, 1.54) is 18.2 Å². The number of unbranched alkanes of at least 4 members (excludes halogenated alkanes) is 2. The standard InChI is InChI=1S/C40H47N3O7S2/c1-7-23-41-38(44)14-9-8-10-24-43-35-20-18-31(52(48,49)50)27-33(35)40(4,5)37(43)22-16-29-13-11-12-28(25-29)15-21-36-39(2,3)32-26-30(51(45,46)47)17-19-34(32)42(36)6/h1,15-22,25-27H,8-14,23-24H2,2-6H3,(H2-,41,44,45,46,47,48,49,50). The van der Waals surface area contributed by atoms with Crippen LogP contribution in [0.2, 0.25) is 0 Å². The number of fused-ring (bicyclic) bond motifs is 2. The number of nitrogens with one attached hydrogen (secondary N) is 1. The van der Waals surface area contributed by atoms with Crippen molar-refractivity contribution in [2.75, 3.05) is 25.0 Å². The zero-order valence-electron chi connectivity index (χ0n) is 30.4. The molecule has 0 saturated heterocycles. The molecule has 3 aliphatic rings. The van der Waals surface area contributed by atoms with Crippen LogP contribution in [0.3, 0.4) is 0 Å². The monoisotopic (exact) mass is 745 g/mol. The van der Waals surface area contributed by atoms with E-state index in [2.05, 4.69) is 60.4 Å². The summed E-state index contributed by atoms with van der Waals surface area (Å²) in [7, 11) is -7.02. The summed E-state index contributed by atoms with van der Waals surface area (Å²) >= 11 is 0. The molecular weight excluding hydrogens is 699 g/mol. The van der Waals surface area contributed by atoms with Gasteiger partial charge in [-0.05, 0) is 99.1 Å². The molecule has 5 rings (SSSR count). The maximum Gasteiger partial charge on any atom is 0.294 e. The Morgan fingerprint density at radius 1 is 0.981 bits per heavy atom. The molecule has 1 amide bonds. The predicted octanol–water partition coefficient (Wildman–Crippen LogP) is 6.43. The molecule has 12 heteroatoms. The average molecular weight is 746 g/mol. The van der Waals surface area contributed by atoms with Gasteiger partial charge in [-0.3, -0.25) is 9.35 Å². The molecule has 52 heavy (non-hydrogen) atoms. The molecule has 0 radical (unpaired) electrons. The minimum absolute atomic E-state index is 0.0694. The molecule has 1 aliphatic carbocycles. The van der Waals surface area contributed by atoms with Gasteiger partial charge in [0.15, 0.2) is 5.71 Å². The van der Waals surface area contributed by atoms with Gasteiger partial charge in [0.1, 0.15) is 17.2 Å². The largest absolute Gasteiger partial charge is 0.744 e. The number of hydrogen-bond acceptors (Lipinski definition) is 7. The van der Waals surface area contributed by atoms with Gasteiger partial charge in [0.05, 0.1) is 21.8 Å². The third-order valence-electron chi connectivity index (χ3n) is 10.3. The lowest BCUT2D eigenvalue weighted by Crippen LogP contribution is -2.27. The summed E-state index contributed by atoms with van der Waals surface area (Å²) < 4.78 is 71.1. The number of benzene rings is 2. The van der Waals surface area contributed by atoms with Gasteiger partial charge in [-0.25, -0.2) is 8.42 Å². The first-order valence-electron chi connectivity index (χ1n) is 17.5. The van der Waals surface area contributed by atoms with E-state index in [1.54, 1.807) is 18.2 Å². The molecular formula is C40H47N3O7S2. The maximum absolute atomic E-state index is 12.1. The fourth-order valence-electron chi connectivity index (χ4n) is 7.51. The van der Waals surface area contributed by atoms with Crippen molar-refractivity contribution in [3.05, 3.63) is 94.7 Å². The molecule has 0 unspecified atom stereocenters. The molecule has 2 N–H and O–H groups in total. The number of terminal acetylenes is 1. The van der Waals surface area contributed by atoms with Crippen LogP contribution in [0.25, 0.3) is 0 Å². The molecule has 0 saturated carbocycles. The second-order valence-electron chi connectivity index (χ2n) is 14.6. The second-order valence-corrected chi connectivity index (χ2v) is 17.4. The van der Waals surface area contributed by atoms with Crippen LogP contribution in [0, 0.1) is 12.3 Å². The highest BCUT2D eigenvalue weighted by molar-refractivity contribution is 7.86. The number of carbonyl (C=O) groups excluding carboxylic acids is 1. The van der Waals surface area contributed by atoms with Gasteiger partial charge >= 0.3 is 0 Å². The Morgan fingerprint density at radius 3 is 2.38 bits per heavy atom. The molecule has 0 aromatic heterocycles. The van der Waals surface area contributed by atoms with E-state index >= 15 is 0 Å². The molecule has 2 aromatic rings. The summed E-state index contributed by atoms with van der Waals surface area (Å²) in [5, 5.41) is 2.69. The summed E-state index contributed by atoms with van der Waals surface area (Å²) in [6.07, 6.45) is 21.3. The minimum atomic E-state index is -4.58. The molecule has 2 aromatic carbocycles. The van der Waals surface area contributed by atoms with E-state index in [0.29, 0.717) is 19.4 Å². The second kappa shape index (κ2) is 15.0. The number of anilines is 1. The number of nitrogens with zero attached hydrogens (tertiary/aromatic N) is 2. The number of carbonyl (C=O) groups is 1. The van der Waals surface area contributed by atoms with Gasteiger partial charge in [0.2, 0.25) is 11.6 Å². The molecule has 10 nitrogen and oxygen atoms in total. The summed E-state index contributed by atoms with van der Waals surface area (Å²) in [6, 6.07) is 9.28. The Morgan fingerprint density at radius 2 is 1.69 bits per heavy atom. The van der Waals surface area contributed by atoms with Gasteiger partial charge in [0, 0.05) is 47.5 Å². The van der Waals surface area contributed by atoms with E-state index in [-0.39, 0.29) is 22.2 Å². The Kier molecular flexibility index (Phi) is 11.2. The first-order chi connectivity index (χ1) is 24.4. The van der Waals surface area contributed by atoms with Crippen molar-refractivity contribution in [3.63, 3.8) is 0 Å². The summed E-state index contributed by atoms with van der Waals surface area (Å²) in [6.45, 7) is 9.02. The van der Waals surface area contributed by atoms with E-state index in [1.807, 2.05) is 25.5 Å². The first kappa shape index (κ1) is 38.9. The van der Waals surface area contributed by atoms with Crippen LogP contribution in [-0.2, 0) is 35.9 Å². The van der Waals surface area contributed by atoms with Gasteiger partial charge < -0.3 is 14.8 Å². The van der Waals surface area contributed by atoms with Gasteiger partial charge in [-0.15, -0.1) is 6.42 Å². The van der Waals surface area contributed by atoms with Gasteiger partial charge in [-0.2, -0.15) is 13.0 Å². The highest BCUT2D eigenvalue weighted by atomic mass is 32.2. The SMILES string of the molecule is C#CCNC(=O)CCCCCN1/C(=C/C=C2C=C(/C=C/C3=[N+](C)c4ccc(S(=O)(=O)[O-])cc4C3(C)C)CCC\2)C(C)(C)c2cc(S(=O)(=O)O)ccc21. The topological polar surface area (TPSA) is 147 Å². The Labute approximate surface area is 308 Å². The molecule has 0 fully saturated rings. The quantitative estimate of drug-likeness (QED) is 0.109. The van der Waals surface area contributed by atoms with E-state index in [9.17, 15) is 30.7 Å². The fraction of sp³-hybridized carbons (Fsp3) is 0.400. The number of amides is 1. The molecule has 2 aliphatic heterocycles. The molecule has 276 valence electrons. The van der Waals surface area contributed by atoms with E-state index in [0.717, 1.165) is 77.2 Å². The van der Waals surface area contributed by atoms with Crippen molar-refractivity contribution < 1.29 is 35.3 Å². The normalized spacial score (nSPS) is 19.6. The van der Waals surface area contributed by atoms with Crippen molar-refractivity contribution in [1.29, 1.82) is 0 Å². The van der Waals surface area contributed by atoms with Crippen molar-refractivity contribution in [2.45, 2.75) is 93.3 Å². The van der Waals surface area contributed by atoms with E-state index in [4.69, 9.17) is 6.42 Å². The van der Waals surface area contributed by atoms with Crippen molar-refractivity contribution in [3.8, 4) is 12.3 Å². The summed E-state index contributed by atoms with van der Waals surface area (Å²) in [5.74, 6) is 2.34. The highest BCUT2D eigenvalue weighted by Crippen LogP contribution is 2.49. The Balaban J connectivity index is 1.40. The molecule has 0 spiro atoms. The minimum Gasteiger partial charge on any atom is -0.744 e. The molecule has 0 bridgehead atoms. The van der Waals surface area contributed by atoms with E-state index < -0.39 is 31.1 Å². The number of allylic oxidation sites excluding steroid dienone is 8. The Bertz CT molecular complexity index is 2200. The maximum atomic E-state index is 12.1.